The van der Waals surface area contributed by atoms with E-state index in [9.17, 15) is 4.79 Å². The summed E-state index contributed by atoms with van der Waals surface area (Å²) in [7, 11) is 3.32. The molecule has 1 fully saturated rings. The average molecular weight is 429 g/mol. The molecule has 1 aromatic carbocycles. The summed E-state index contributed by atoms with van der Waals surface area (Å²) < 4.78 is 17.5. The van der Waals surface area contributed by atoms with Gasteiger partial charge < -0.3 is 19.1 Å². The van der Waals surface area contributed by atoms with Crippen LogP contribution in [0.5, 0.6) is 11.5 Å². The molecule has 0 N–H and O–H groups in total. The van der Waals surface area contributed by atoms with Gasteiger partial charge in [-0.05, 0) is 39.8 Å². The average Bonchev–Trinajstić information content (AvgIpc) is 2.54. The maximum Gasteiger partial charge on any atom is 0.410 e. The number of ether oxygens (including phenoxy) is 3. The molecule has 0 aliphatic carbocycles. The van der Waals surface area contributed by atoms with Gasteiger partial charge in [0.2, 0.25) is 0 Å². The maximum absolute atomic E-state index is 12.4. The topological polar surface area (TPSA) is 51.2 Å². The number of rotatable bonds is 4. The second kappa shape index (κ2) is 8.48. The Morgan fingerprint density at radius 2 is 1.77 bits per heavy atom. The van der Waals surface area contributed by atoms with E-state index in [1.54, 1.807) is 19.1 Å². The molecule has 0 saturated carbocycles. The minimum Gasteiger partial charge on any atom is -0.496 e. The highest BCUT2D eigenvalue weighted by Gasteiger charge is 2.31. The molecular weight excluding hydrogens is 400 g/mol. The van der Waals surface area contributed by atoms with Crippen molar-refractivity contribution in [2.75, 3.05) is 33.9 Å². The third-order valence-electron chi connectivity index (χ3n) is 4.29. The van der Waals surface area contributed by atoms with Crippen LogP contribution in [0.1, 0.15) is 33.3 Å². The lowest BCUT2D eigenvalue weighted by molar-refractivity contribution is 0.000398. The molecule has 6 nitrogen and oxygen atoms in total. The molecule has 0 unspecified atom stereocenters. The Balaban J connectivity index is 2.07. The number of piperazine rings is 1. The smallest absolute Gasteiger partial charge is 0.410 e. The number of benzene rings is 1. The minimum atomic E-state index is -0.480. The Hall–Kier alpha value is -1.47. The number of nitrogens with zero attached hydrogens (tertiary/aromatic N) is 2. The molecule has 1 amide bonds. The number of hydrogen-bond acceptors (Lipinski definition) is 5. The van der Waals surface area contributed by atoms with Crippen LogP contribution in [0.25, 0.3) is 0 Å². The maximum atomic E-state index is 12.4. The van der Waals surface area contributed by atoms with E-state index in [1.807, 2.05) is 39.8 Å². The van der Waals surface area contributed by atoms with E-state index in [0.29, 0.717) is 13.1 Å². The summed E-state index contributed by atoms with van der Waals surface area (Å²) in [5.74, 6) is 1.58. The molecule has 0 bridgehead atoms. The van der Waals surface area contributed by atoms with E-state index in [-0.39, 0.29) is 12.1 Å². The zero-order valence-corrected chi connectivity index (χ0v) is 18.1. The second-order valence-corrected chi connectivity index (χ2v) is 8.46. The summed E-state index contributed by atoms with van der Waals surface area (Å²) in [5, 5.41) is 0. The molecule has 0 spiro atoms. The molecule has 146 valence electrons. The fourth-order valence-corrected chi connectivity index (χ4v) is 3.52. The quantitative estimate of drug-likeness (QED) is 0.727. The molecule has 0 aromatic heterocycles. The van der Waals surface area contributed by atoms with E-state index in [1.165, 1.54) is 0 Å². The molecule has 2 rings (SSSR count). The number of methoxy groups -OCH3 is 2. The number of amides is 1. The van der Waals surface area contributed by atoms with Gasteiger partial charge in [0.15, 0.2) is 0 Å². The first kappa shape index (κ1) is 20.8. The lowest BCUT2D eigenvalue weighted by Crippen LogP contribution is -2.54. The van der Waals surface area contributed by atoms with Crippen molar-refractivity contribution >= 4 is 22.0 Å². The number of carbonyl (C=O) groups excluding carboxylic acids is 1. The van der Waals surface area contributed by atoms with Gasteiger partial charge in [-0.3, -0.25) is 4.90 Å². The highest BCUT2D eigenvalue weighted by Crippen LogP contribution is 2.34. The van der Waals surface area contributed by atoms with Crippen LogP contribution in [0, 0.1) is 0 Å². The number of halogens is 1. The molecule has 1 saturated heterocycles. The van der Waals surface area contributed by atoms with Crippen molar-refractivity contribution in [1.29, 1.82) is 0 Å². The van der Waals surface area contributed by atoms with Gasteiger partial charge in [0.25, 0.3) is 0 Å². The Morgan fingerprint density at radius 3 is 2.23 bits per heavy atom. The van der Waals surface area contributed by atoms with Gasteiger partial charge in [-0.1, -0.05) is 15.9 Å². The molecular formula is C19H29BrN2O4. The standard InChI is InChI=1S/C19H29BrN2O4/c1-13-11-21(7-8-22(13)18(23)26-19(2,3)4)12-15-16(24-5)9-14(20)10-17(15)25-6/h9-10,13H,7-8,11-12H2,1-6H3/t13-/m0/s1. The second-order valence-electron chi connectivity index (χ2n) is 7.55. The zero-order chi connectivity index (χ0) is 19.5. The van der Waals surface area contributed by atoms with Crippen molar-refractivity contribution in [3.05, 3.63) is 22.2 Å². The third-order valence-corrected chi connectivity index (χ3v) is 4.75. The van der Waals surface area contributed by atoms with Crippen molar-refractivity contribution < 1.29 is 19.0 Å². The molecule has 1 aromatic rings. The van der Waals surface area contributed by atoms with E-state index in [4.69, 9.17) is 14.2 Å². The van der Waals surface area contributed by atoms with Gasteiger partial charge in [-0.2, -0.15) is 0 Å². The summed E-state index contributed by atoms with van der Waals surface area (Å²) >= 11 is 3.48. The number of hydrogen-bond donors (Lipinski definition) is 0. The van der Waals surface area contributed by atoms with Crippen molar-refractivity contribution in [1.82, 2.24) is 9.80 Å². The highest BCUT2D eigenvalue weighted by molar-refractivity contribution is 9.10. The lowest BCUT2D eigenvalue weighted by atomic mass is 10.1. The summed E-state index contributed by atoms with van der Waals surface area (Å²) in [6.45, 7) is 10.6. The van der Waals surface area contributed by atoms with Gasteiger partial charge in [0, 0.05) is 36.7 Å². The van der Waals surface area contributed by atoms with Crippen LogP contribution in [-0.4, -0.2) is 61.4 Å². The predicted molar refractivity (Wildman–Crippen MR) is 105 cm³/mol. The van der Waals surface area contributed by atoms with Crippen molar-refractivity contribution in [3.8, 4) is 11.5 Å². The lowest BCUT2D eigenvalue weighted by Gasteiger charge is -2.40. The van der Waals surface area contributed by atoms with Crippen LogP contribution < -0.4 is 9.47 Å². The van der Waals surface area contributed by atoms with E-state index in [0.717, 1.165) is 34.6 Å². The molecule has 1 heterocycles. The first-order valence-electron chi connectivity index (χ1n) is 8.77. The Kier molecular flexibility index (Phi) is 6.80. The van der Waals surface area contributed by atoms with Gasteiger partial charge in [0.1, 0.15) is 17.1 Å². The van der Waals surface area contributed by atoms with Crippen molar-refractivity contribution in [3.63, 3.8) is 0 Å². The Labute approximate surface area is 164 Å². The summed E-state index contributed by atoms with van der Waals surface area (Å²) in [6, 6.07) is 3.96. The van der Waals surface area contributed by atoms with Crippen LogP contribution in [-0.2, 0) is 11.3 Å². The number of carbonyl (C=O) groups is 1. The van der Waals surface area contributed by atoms with Crippen molar-refractivity contribution in [2.24, 2.45) is 0 Å². The van der Waals surface area contributed by atoms with Crippen LogP contribution >= 0.6 is 15.9 Å². The summed E-state index contributed by atoms with van der Waals surface area (Å²) in [5.41, 5.74) is 0.530. The van der Waals surface area contributed by atoms with Gasteiger partial charge in [-0.25, -0.2) is 4.79 Å². The molecule has 0 radical (unpaired) electrons. The molecule has 1 aliphatic rings. The fraction of sp³-hybridized carbons (Fsp3) is 0.632. The first-order chi connectivity index (χ1) is 12.1. The van der Waals surface area contributed by atoms with E-state index < -0.39 is 5.60 Å². The van der Waals surface area contributed by atoms with Crippen LogP contribution in [0.2, 0.25) is 0 Å². The van der Waals surface area contributed by atoms with Crippen LogP contribution in [0.15, 0.2) is 16.6 Å². The normalized spacial score (nSPS) is 18.6. The molecule has 7 heteroatoms. The van der Waals surface area contributed by atoms with Gasteiger partial charge in [0.05, 0.1) is 19.8 Å². The van der Waals surface area contributed by atoms with Crippen molar-refractivity contribution in [2.45, 2.75) is 45.9 Å². The monoisotopic (exact) mass is 428 g/mol. The largest absolute Gasteiger partial charge is 0.496 e. The minimum absolute atomic E-state index is 0.0750. The Bertz CT molecular complexity index is 620. The predicted octanol–water partition coefficient (Wildman–Crippen LogP) is 3.91. The highest BCUT2D eigenvalue weighted by atomic mass is 79.9. The Morgan fingerprint density at radius 1 is 1.19 bits per heavy atom. The van der Waals surface area contributed by atoms with Crippen LogP contribution in [0.3, 0.4) is 0 Å². The van der Waals surface area contributed by atoms with Crippen LogP contribution in [0.4, 0.5) is 4.79 Å². The third kappa shape index (κ3) is 5.27. The SMILES string of the molecule is COc1cc(Br)cc(OC)c1CN1CCN(C(=O)OC(C)(C)C)[C@@H](C)C1. The zero-order valence-electron chi connectivity index (χ0n) is 16.5. The fourth-order valence-electron chi connectivity index (χ4n) is 3.10. The molecule has 26 heavy (non-hydrogen) atoms. The molecule has 1 aliphatic heterocycles. The molecule has 1 atom stereocenters. The first-order valence-corrected chi connectivity index (χ1v) is 9.56. The van der Waals surface area contributed by atoms with E-state index >= 15 is 0 Å². The van der Waals surface area contributed by atoms with Gasteiger partial charge >= 0.3 is 6.09 Å². The van der Waals surface area contributed by atoms with Gasteiger partial charge in [-0.15, -0.1) is 0 Å². The van der Waals surface area contributed by atoms with E-state index in [2.05, 4.69) is 20.8 Å². The summed E-state index contributed by atoms with van der Waals surface area (Å²) in [6.07, 6.45) is -0.247. The summed E-state index contributed by atoms with van der Waals surface area (Å²) in [4.78, 5) is 16.5.